The van der Waals surface area contributed by atoms with Crippen LogP contribution in [0.3, 0.4) is 0 Å². The van der Waals surface area contributed by atoms with Gasteiger partial charge in [0.15, 0.2) is 6.33 Å². The number of aromatic nitrogens is 2. The van der Waals surface area contributed by atoms with Gasteiger partial charge in [0.2, 0.25) is 0 Å². The number of hydrogen-bond donors (Lipinski definition) is 0. The number of nitrogens with zero attached hydrogens (tertiary/aromatic N) is 2. The Labute approximate surface area is 116 Å². The summed E-state index contributed by atoms with van der Waals surface area (Å²) < 4.78 is 4.16. The van der Waals surface area contributed by atoms with Crippen LogP contribution in [0.1, 0.15) is 19.4 Å². The molecule has 0 amide bonds. The van der Waals surface area contributed by atoms with Crippen LogP contribution in [0.2, 0.25) is 0 Å². The van der Waals surface area contributed by atoms with E-state index in [4.69, 9.17) is 0 Å². The molecule has 3 heteroatoms. The zero-order valence-electron chi connectivity index (χ0n) is 10.3. The number of aryl methyl sites for hydroxylation is 1. The minimum atomic E-state index is 0. The molecular formula is C14H16IrN2. The fraction of sp³-hybridized carbons (Fsp3) is 0.214. The van der Waals surface area contributed by atoms with E-state index in [9.17, 15) is 0 Å². The molecule has 17 heavy (non-hydrogen) atoms. The van der Waals surface area contributed by atoms with Crippen molar-refractivity contribution in [1.29, 1.82) is 0 Å². The minimum Gasteiger partial charge on any atom is -0.255 e. The largest absolute Gasteiger partial charge is 0.255 e. The van der Waals surface area contributed by atoms with Gasteiger partial charge in [0.1, 0.15) is 18.1 Å². The Balaban J connectivity index is 0.00000144. The van der Waals surface area contributed by atoms with Crippen LogP contribution in [0.5, 0.6) is 0 Å². The summed E-state index contributed by atoms with van der Waals surface area (Å²) in [6.07, 6.45) is 6.15. The molecule has 0 saturated carbocycles. The standard InChI is InChI=1S/C14H16N2.Ir/c1-12(2)14(13-7-5-4-6-8-13)16-10-9-15(3)11-16;/h4-7,9-11H,1-3H3;. The van der Waals surface area contributed by atoms with Crippen molar-refractivity contribution in [3.8, 4) is 0 Å². The average molecular weight is 405 g/mol. The molecule has 1 aromatic carbocycles. The number of rotatable bonds is 2. The maximum absolute atomic E-state index is 3.27. The van der Waals surface area contributed by atoms with Crippen molar-refractivity contribution in [3.63, 3.8) is 0 Å². The zero-order chi connectivity index (χ0) is 11.5. The molecule has 0 atom stereocenters. The van der Waals surface area contributed by atoms with Gasteiger partial charge in [0.05, 0.1) is 0 Å². The first-order valence-corrected chi connectivity index (χ1v) is 5.36. The Morgan fingerprint density at radius 2 is 2.00 bits per heavy atom. The van der Waals surface area contributed by atoms with E-state index in [-0.39, 0.29) is 20.1 Å². The van der Waals surface area contributed by atoms with Crippen LogP contribution in [0, 0.1) is 6.07 Å². The molecule has 1 aromatic heterocycles. The summed E-state index contributed by atoms with van der Waals surface area (Å²) in [6, 6.07) is 11.3. The van der Waals surface area contributed by atoms with Gasteiger partial charge in [-0.2, -0.15) is 4.57 Å². The predicted molar refractivity (Wildman–Crippen MR) is 66.8 cm³/mol. The van der Waals surface area contributed by atoms with E-state index in [0.29, 0.717) is 0 Å². The van der Waals surface area contributed by atoms with Gasteiger partial charge in [0, 0.05) is 27.2 Å². The topological polar surface area (TPSA) is 9.86 Å². The summed E-state index contributed by atoms with van der Waals surface area (Å²) in [5, 5.41) is 0. The van der Waals surface area contributed by atoms with E-state index < -0.39 is 0 Å². The van der Waals surface area contributed by atoms with Crippen LogP contribution in [0.4, 0.5) is 0 Å². The molecule has 0 saturated heterocycles. The second-order valence-corrected chi connectivity index (χ2v) is 4.11. The molecule has 0 N–H and O–H groups in total. The summed E-state index contributed by atoms with van der Waals surface area (Å²) in [5.41, 5.74) is 3.60. The minimum absolute atomic E-state index is 0. The van der Waals surface area contributed by atoms with Crippen molar-refractivity contribution in [3.05, 3.63) is 60.2 Å². The molecule has 1 heterocycles. The van der Waals surface area contributed by atoms with Crippen LogP contribution in [-0.2, 0) is 27.2 Å². The Morgan fingerprint density at radius 1 is 1.24 bits per heavy atom. The Bertz CT molecular complexity index is 508. The number of imidazole rings is 1. The normalized spacial score (nSPS) is 9.59. The smallest absolute Gasteiger partial charge is 0.166 e. The Morgan fingerprint density at radius 3 is 2.47 bits per heavy atom. The van der Waals surface area contributed by atoms with Gasteiger partial charge in [-0.1, -0.05) is 0 Å². The molecule has 2 rings (SSSR count). The SMILES string of the molecule is CC(C)=C(c1[c-]cccc1)n1ccn(C)[cH+]1.[Ir]. The van der Waals surface area contributed by atoms with E-state index in [1.54, 1.807) is 0 Å². The third kappa shape index (κ3) is 3.15. The first-order valence-electron chi connectivity index (χ1n) is 5.36. The number of allylic oxidation sites excluding steroid dienone is 1. The molecular weight excluding hydrogens is 388 g/mol. The molecule has 2 aromatic rings. The molecule has 0 unspecified atom stereocenters. The van der Waals surface area contributed by atoms with Crippen molar-refractivity contribution in [2.24, 2.45) is 7.05 Å². The summed E-state index contributed by atoms with van der Waals surface area (Å²) in [4.78, 5) is 0. The molecule has 1 radical (unpaired) electrons. The van der Waals surface area contributed by atoms with Gasteiger partial charge in [-0.05, 0) is 25.0 Å². The first-order chi connectivity index (χ1) is 7.68. The molecule has 0 aliphatic heterocycles. The van der Waals surface area contributed by atoms with Crippen molar-refractivity contribution < 1.29 is 20.1 Å². The third-order valence-electron chi connectivity index (χ3n) is 2.46. The molecule has 2 nitrogen and oxygen atoms in total. The van der Waals surface area contributed by atoms with E-state index in [2.05, 4.69) is 43.1 Å². The quantitative estimate of drug-likeness (QED) is 0.681. The third-order valence-corrected chi connectivity index (χ3v) is 2.46. The van der Waals surface area contributed by atoms with E-state index >= 15 is 0 Å². The van der Waals surface area contributed by atoms with Gasteiger partial charge in [-0.15, -0.1) is 30.3 Å². The molecule has 0 aliphatic carbocycles. The summed E-state index contributed by atoms with van der Waals surface area (Å²) in [7, 11) is 2.02. The molecule has 0 fully saturated rings. The first kappa shape index (κ1) is 13.9. The van der Waals surface area contributed by atoms with Gasteiger partial charge in [-0.3, -0.25) is 4.57 Å². The van der Waals surface area contributed by atoms with Gasteiger partial charge in [-0.25, -0.2) is 0 Å². The van der Waals surface area contributed by atoms with E-state index in [1.807, 2.05) is 36.0 Å². The van der Waals surface area contributed by atoms with E-state index in [1.165, 1.54) is 11.3 Å². The van der Waals surface area contributed by atoms with Crippen LogP contribution >= 0.6 is 0 Å². The van der Waals surface area contributed by atoms with Crippen molar-refractivity contribution >= 4 is 5.70 Å². The molecule has 0 spiro atoms. The summed E-state index contributed by atoms with van der Waals surface area (Å²) in [5.74, 6) is 0. The molecule has 0 aliphatic rings. The summed E-state index contributed by atoms with van der Waals surface area (Å²) >= 11 is 0. The Hall–Kier alpha value is -1.18. The second kappa shape index (κ2) is 5.94. The zero-order valence-corrected chi connectivity index (χ0v) is 12.7. The van der Waals surface area contributed by atoms with Crippen LogP contribution in [0.15, 0.2) is 48.6 Å². The van der Waals surface area contributed by atoms with Gasteiger partial charge in [0.25, 0.3) is 0 Å². The maximum Gasteiger partial charge on any atom is 0.166 e. The van der Waals surface area contributed by atoms with Crippen LogP contribution < -0.4 is 0 Å². The van der Waals surface area contributed by atoms with Crippen LogP contribution in [0.25, 0.3) is 5.70 Å². The average Bonchev–Trinajstić information content (AvgIpc) is 2.66. The monoisotopic (exact) mass is 405 g/mol. The number of hydrogen-bond acceptors (Lipinski definition) is 0. The molecule has 0 bridgehead atoms. The fourth-order valence-electron chi connectivity index (χ4n) is 1.79. The maximum atomic E-state index is 3.27. The summed E-state index contributed by atoms with van der Waals surface area (Å²) in [6.45, 7) is 4.24. The van der Waals surface area contributed by atoms with Gasteiger partial charge < -0.3 is 0 Å². The van der Waals surface area contributed by atoms with E-state index in [0.717, 1.165) is 5.56 Å². The Kier molecular flexibility index (Phi) is 4.85. The van der Waals surface area contributed by atoms with Crippen molar-refractivity contribution in [1.82, 2.24) is 9.13 Å². The van der Waals surface area contributed by atoms with Gasteiger partial charge >= 0.3 is 0 Å². The van der Waals surface area contributed by atoms with Crippen molar-refractivity contribution in [2.45, 2.75) is 13.8 Å². The van der Waals surface area contributed by atoms with Crippen molar-refractivity contribution in [2.75, 3.05) is 0 Å². The fourth-order valence-corrected chi connectivity index (χ4v) is 1.79. The predicted octanol–water partition coefficient (Wildman–Crippen LogP) is 3.20. The second-order valence-electron chi connectivity index (χ2n) is 4.11. The van der Waals surface area contributed by atoms with Crippen LogP contribution in [-0.4, -0.2) is 9.13 Å². The molecule has 91 valence electrons. The number of benzene rings is 1.